The Morgan fingerprint density at radius 3 is 2.25 bits per heavy atom. The molecule has 0 bridgehead atoms. The summed E-state index contributed by atoms with van der Waals surface area (Å²) in [4.78, 5) is 0. The van der Waals surface area contributed by atoms with Crippen LogP contribution >= 0.6 is 0 Å². The average Bonchev–Trinajstić information content (AvgIpc) is 2.37. The van der Waals surface area contributed by atoms with Gasteiger partial charge in [-0.25, -0.2) is 8.42 Å². The highest BCUT2D eigenvalue weighted by Crippen LogP contribution is 2.17. The smallest absolute Gasteiger partial charge is 0.158 e. The quantitative estimate of drug-likeness (QED) is 0.515. The fourth-order valence-corrected chi connectivity index (χ4v) is 2.34. The Morgan fingerprint density at radius 1 is 1.25 bits per heavy atom. The van der Waals surface area contributed by atoms with Crippen LogP contribution in [0.25, 0.3) is 0 Å². The molecule has 0 saturated heterocycles. The van der Waals surface area contributed by atoms with Crippen LogP contribution in [0, 0.1) is 0 Å². The maximum Gasteiger partial charge on any atom is 0.158 e. The zero-order valence-electron chi connectivity index (χ0n) is 12.3. The molecule has 112 valence electrons. The first-order valence-electron chi connectivity index (χ1n) is 6.31. The van der Waals surface area contributed by atoms with E-state index < -0.39 is 14.6 Å². The monoisotopic (exact) mass is 299 g/mol. The van der Waals surface area contributed by atoms with Gasteiger partial charge in [-0.05, 0) is 57.5 Å². The van der Waals surface area contributed by atoms with Gasteiger partial charge in [0, 0.05) is 0 Å². The Kier molecular flexibility index (Phi) is 5.16. The van der Waals surface area contributed by atoms with Crippen LogP contribution in [0.15, 0.2) is 29.4 Å². The van der Waals surface area contributed by atoms with Gasteiger partial charge in [-0.1, -0.05) is 5.16 Å². The van der Waals surface area contributed by atoms with Crippen LogP contribution in [-0.2, 0) is 9.84 Å². The molecule has 1 aromatic carbocycles. The lowest BCUT2D eigenvalue weighted by Crippen LogP contribution is -2.32. The van der Waals surface area contributed by atoms with E-state index in [0.29, 0.717) is 11.5 Å². The number of oxime groups is 1. The third-order valence-corrected chi connectivity index (χ3v) is 5.55. The zero-order valence-corrected chi connectivity index (χ0v) is 13.1. The third-order valence-electron chi connectivity index (χ3n) is 2.98. The number of hydrogen-bond acceptors (Lipinski definition) is 5. The minimum absolute atomic E-state index is 0.0185. The zero-order chi connectivity index (χ0) is 15.4. The van der Waals surface area contributed by atoms with E-state index >= 15 is 0 Å². The van der Waals surface area contributed by atoms with Crippen LogP contribution < -0.4 is 4.74 Å². The van der Waals surface area contributed by atoms with E-state index in [9.17, 15) is 8.42 Å². The van der Waals surface area contributed by atoms with Crippen molar-refractivity contribution in [3.8, 4) is 5.75 Å². The van der Waals surface area contributed by atoms with Gasteiger partial charge in [-0.2, -0.15) is 0 Å². The van der Waals surface area contributed by atoms with Crippen LogP contribution in [0.3, 0.4) is 0 Å². The summed E-state index contributed by atoms with van der Waals surface area (Å²) in [7, 11) is -3.17. The molecular formula is C14H21NO4S. The standard InChI is InChI=1S/C14H21NO4S/c1-11(15-16)12-5-7-13(8-6-12)19-9-10-20(17,18)14(2,3)4/h5-8,16H,9-10H2,1-4H3/b15-11-. The first-order chi connectivity index (χ1) is 9.17. The van der Waals surface area contributed by atoms with Gasteiger partial charge in [0.25, 0.3) is 0 Å². The van der Waals surface area contributed by atoms with Crippen molar-refractivity contribution in [2.24, 2.45) is 5.16 Å². The van der Waals surface area contributed by atoms with Crippen molar-refractivity contribution in [2.45, 2.75) is 32.4 Å². The molecule has 0 atom stereocenters. The molecule has 0 heterocycles. The number of rotatable bonds is 5. The summed E-state index contributed by atoms with van der Waals surface area (Å²) in [5, 5.41) is 11.8. The molecule has 1 aromatic rings. The molecule has 0 radical (unpaired) electrons. The third kappa shape index (κ3) is 4.23. The van der Waals surface area contributed by atoms with E-state index in [4.69, 9.17) is 9.94 Å². The second-order valence-corrected chi connectivity index (χ2v) is 8.35. The highest BCUT2D eigenvalue weighted by atomic mass is 32.2. The van der Waals surface area contributed by atoms with Crippen molar-refractivity contribution >= 4 is 15.5 Å². The number of benzene rings is 1. The number of nitrogens with zero attached hydrogens (tertiary/aromatic N) is 1. The van der Waals surface area contributed by atoms with E-state index in [2.05, 4.69) is 5.16 Å². The van der Waals surface area contributed by atoms with Gasteiger partial charge in [0.15, 0.2) is 9.84 Å². The fraction of sp³-hybridized carbons (Fsp3) is 0.500. The van der Waals surface area contributed by atoms with Crippen LogP contribution in [0.1, 0.15) is 33.3 Å². The highest BCUT2D eigenvalue weighted by Gasteiger charge is 2.28. The van der Waals surface area contributed by atoms with E-state index in [1.165, 1.54) is 0 Å². The molecule has 0 fully saturated rings. The molecule has 0 aromatic heterocycles. The van der Waals surface area contributed by atoms with Crippen molar-refractivity contribution in [3.63, 3.8) is 0 Å². The van der Waals surface area contributed by atoms with Crippen molar-refractivity contribution in [3.05, 3.63) is 29.8 Å². The summed E-state index contributed by atoms with van der Waals surface area (Å²) >= 11 is 0. The minimum atomic E-state index is -3.17. The molecule has 0 amide bonds. The molecule has 0 unspecified atom stereocenters. The highest BCUT2D eigenvalue weighted by molar-refractivity contribution is 7.92. The average molecular weight is 299 g/mol. The van der Waals surface area contributed by atoms with Crippen molar-refractivity contribution in [2.75, 3.05) is 12.4 Å². The molecule has 0 aliphatic rings. The normalized spacial score (nSPS) is 13.3. The molecule has 0 aliphatic carbocycles. The SMILES string of the molecule is C/C(=N/O)c1ccc(OCCS(=O)(=O)C(C)(C)C)cc1. The summed E-state index contributed by atoms with van der Waals surface area (Å²) in [6.07, 6.45) is 0. The predicted octanol–water partition coefficient (Wildman–Crippen LogP) is 2.48. The molecule has 1 rings (SSSR count). The second-order valence-electron chi connectivity index (χ2n) is 5.49. The van der Waals surface area contributed by atoms with E-state index in [1.807, 2.05) is 0 Å². The van der Waals surface area contributed by atoms with Gasteiger partial charge in [0.1, 0.15) is 12.4 Å². The topological polar surface area (TPSA) is 76.0 Å². The van der Waals surface area contributed by atoms with E-state index in [0.717, 1.165) is 5.56 Å². The molecule has 20 heavy (non-hydrogen) atoms. The minimum Gasteiger partial charge on any atom is -0.493 e. The first kappa shape index (κ1) is 16.5. The Morgan fingerprint density at radius 2 is 1.80 bits per heavy atom. The lowest BCUT2D eigenvalue weighted by molar-refractivity contribution is 0.319. The summed E-state index contributed by atoms with van der Waals surface area (Å²) in [5.41, 5.74) is 1.29. The summed E-state index contributed by atoms with van der Waals surface area (Å²) in [6, 6.07) is 6.94. The Hall–Kier alpha value is -1.56. The van der Waals surface area contributed by atoms with Crippen LogP contribution in [0.5, 0.6) is 5.75 Å². The Bertz CT molecular complexity index is 568. The molecule has 0 saturated carbocycles. The number of sulfone groups is 1. The molecule has 0 spiro atoms. The van der Waals surface area contributed by atoms with Gasteiger partial charge in [0.05, 0.1) is 16.2 Å². The Balaban J connectivity index is 2.60. The number of ether oxygens (including phenoxy) is 1. The van der Waals surface area contributed by atoms with Gasteiger partial charge in [-0.3, -0.25) is 0 Å². The van der Waals surface area contributed by atoms with Crippen LogP contribution in [0.2, 0.25) is 0 Å². The lowest BCUT2D eigenvalue weighted by atomic mass is 10.1. The van der Waals surface area contributed by atoms with Crippen LogP contribution in [0.4, 0.5) is 0 Å². The Labute approximate surface area is 120 Å². The maximum absolute atomic E-state index is 11.9. The van der Waals surface area contributed by atoms with E-state index in [-0.39, 0.29) is 12.4 Å². The lowest BCUT2D eigenvalue weighted by Gasteiger charge is -2.19. The van der Waals surface area contributed by atoms with Crippen LogP contribution in [-0.4, -0.2) is 36.4 Å². The fourth-order valence-electron chi connectivity index (χ4n) is 1.43. The maximum atomic E-state index is 11.9. The summed E-state index contributed by atoms with van der Waals surface area (Å²) in [6.45, 7) is 6.83. The first-order valence-corrected chi connectivity index (χ1v) is 7.97. The van der Waals surface area contributed by atoms with Crippen molar-refractivity contribution in [1.82, 2.24) is 0 Å². The van der Waals surface area contributed by atoms with Gasteiger partial charge in [-0.15, -0.1) is 0 Å². The molecule has 1 N–H and O–H groups in total. The van der Waals surface area contributed by atoms with Gasteiger partial charge >= 0.3 is 0 Å². The molecule has 6 heteroatoms. The van der Waals surface area contributed by atoms with Crippen molar-refractivity contribution in [1.29, 1.82) is 0 Å². The van der Waals surface area contributed by atoms with Crippen molar-refractivity contribution < 1.29 is 18.4 Å². The molecule has 0 aliphatic heterocycles. The van der Waals surface area contributed by atoms with E-state index in [1.54, 1.807) is 52.0 Å². The number of hydrogen-bond donors (Lipinski definition) is 1. The largest absolute Gasteiger partial charge is 0.493 e. The summed E-state index contributed by atoms with van der Waals surface area (Å²) < 4.78 is 28.5. The second kappa shape index (κ2) is 6.26. The summed E-state index contributed by atoms with van der Waals surface area (Å²) in [5.74, 6) is 0.568. The van der Waals surface area contributed by atoms with Gasteiger partial charge < -0.3 is 9.94 Å². The molecule has 5 nitrogen and oxygen atoms in total. The van der Waals surface area contributed by atoms with Gasteiger partial charge in [0.2, 0.25) is 0 Å². The molecular weight excluding hydrogens is 278 g/mol. The predicted molar refractivity (Wildman–Crippen MR) is 79.5 cm³/mol.